The molecule has 10 rings (SSSR count). The summed E-state index contributed by atoms with van der Waals surface area (Å²) in [6.07, 6.45) is 24.5. The summed E-state index contributed by atoms with van der Waals surface area (Å²) in [6, 6.07) is 13.0. The van der Waals surface area contributed by atoms with Crippen molar-refractivity contribution in [2.45, 2.75) is 102 Å². The van der Waals surface area contributed by atoms with Crippen molar-refractivity contribution >= 4 is 11.3 Å². The molecule has 3 aromatic heterocycles. The van der Waals surface area contributed by atoms with E-state index in [9.17, 15) is 0 Å². The second kappa shape index (κ2) is 12.9. The van der Waals surface area contributed by atoms with E-state index >= 15 is 0 Å². The van der Waals surface area contributed by atoms with Gasteiger partial charge in [0.25, 0.3) is 0 Å². The third kappa shape index (κ3) is 6.60. The molecule has 3 heterocycles. The Morgan fingerprint density at radius 1 is 0.766 bits per heavy atom. The molecule has 1 aromatic carbocycles. The fourth-order valence-electron chi connectivity index (χ4n) is 10.9. The Bertz CT molecular complexity index is 1650. The van der Waals surface area contributed by atoms with E-state index in [1.54, 1.807) is 0 Å². The van der Waals surface area contributed by atoms with Crippen LogP contribution in [0.1, 0.15) is 94.2 Å². The summed E-state index contributed by atoms with van der Waals surface area (Å²) in [6.45, 7) is 2.66. The molecule has 6 aliphatic rings. The second-order valence-electron chi connectivity index (χ2n) is 16.1. The number of hydrogen-bond acceptors (Lipinski definition) is 7. The van der Waals surface area contributed by atoms with Gasteiger partial charge in [0.15, 0.2) is 5.76 Å². The van der Waals surface area contributed by atoms with Crippen molar-refractivity contribution in [1.82, 2.24) is 25.8 Å². The van der Waals surface area contributed by atoms with Crippen molar-refractivity contribution in [2.24, 2.45) is 35.5 Å². The Hall–Kier alpha value is -2.87. The maximum Gasteiger partial charge on any atom is 0.151 e. The molecule has 0 radical (unpaired) electrons. The van der Waals surface area contributed by atoms with Crippen LogP contribution in [0.5, 0.6) is 0 Å². The minimum absolute atomic E-state index is 0.369. The molecule has 6 fully saturated rings. The molecule has 2 N–H and O–H groups in total. The van der Waals surface area contributed by atoms with Crippen molar-refractivity contribution in [2.75, 3.05) is 6.54 Å². The SMILES string of the molecule is c1cc(-c2cncc(-c3cc(CNCCC4CC5CCCC(C5)C4)on3)c2)cc(-c2cnc(CNC34CC5CC(CC(C5)C3)C4)s2)c1. The summed E-state index contributed by atoms with van der Waals surface area (Å²) in [7, 11) is 0. The van der Waals surface area contributed by atoms with Crippen molar-refractivity contribution in [3.05, 3.63) is 65.8 Å². The normalized spacial score (nSPS) is 31.0. The molecule has 2 unspecified atom stereocenters. The average molecular weight is 648 g/mol. The van der Waals surface area contributed by atoms with E-state index in [1.807, 2.05) is 23.7 Å². The Labute approximate surface area is 283 Å². The zero-order chi connectivity index (χ0) is 31.2. The van der Waals surface area contributed by atoms with Crippen molar-refractivity contribution < 1.29 is 4.52 Å². The standard InChI is InChI=1S/C40H49N5OS/c1-3-26-9-27(4-1)11-28(10-26)7-8-41-23-36-17-37(45-46-36)35-16-34(21-42-22-35)32-5-2-6-33(15-32)38-24-43-39(47-38)25-44-40-18-29-12-30(19-40)14-31(13-29)20-40/h2,5-6,15-17,21-22,24,26-31,41,44H,1,3-4,7-14,18-20,23,25H2. The number of benzene rings is 1. The largest absolute Gasteiger partial charge is 0.359 e. The van der Waals surface area contributed by atoms with Crippen LogP contribution in [0.4, 0.5) is 0 Å². The molecule has 2 atom stereocenters. The highest BCUT2D eigenvalue weighted by Crippen LogP contribution is 2.55. The van der Waals surface area contributed by atoms with Crippen molar-refractivity contribution in [3.8, 4) is 32.8 Å². The number of rotatable bonds is 11. The molecular formula is C40H49N5OS. The topological polar surface area (TPSA) is 75.9 Å². The number of nitrogens with one attached hydrogen (secondary N) is 2. The fourth-order valence-corrected chi connectivity index (χ4v) is 11.7. The second-order valence-corrected chi connectivity index (χ2v) is 17.2. The minimum atomic E-state index is 0.369. The first-order valence-corrected chi connectivity index (χ1v) is 19.4. The highest BCUT2D eigenvalue weighted by atomic mass is 32.1. The molecule has 246 valence electrons. The Morgan fingerprint density at radius 2 is 1.49 bits per heavy atom. The van der Waals surface area contributed by atoms with Gasteiger partial charge in [-0.3, -0.25) is 4.98 Å². The van der Waals surface area contributed by atoms with Gasteiger partial charge in [-0.25, -0.2) is 4.98 Å². The van der Waals surface area contributed by atoms with Crippen LogP contribution in [0.2, 0.25) is 0 Å². The third-order valence-corrected chi connectivity index (χ3v) is 13.6. The molecule has 6 nitrogen and oxygen atoms in total. The molecule has 0 aliphatic heterocycles. The molecule has 47 heavy (non-hydrogen) atoms. The highest BCUT2D eigenvalue weighted by Gasteiger charge is 2.50. The molecule has 0 saturated heterocycles. The smallest absolute Gasteiger partial charge is 0.151 e. The number of thiazole rings is 1. The van der Waals surface area contributed by atoms with Gasteiger partial charge in [0, 0.05) is 47.9 Å². The van der Waals surface area contributed by atoms with Crippen LogP contribution in [0.15, 0.2) is 59.5 Å². The van der Waals surface area contributed by atoms with E-state index in [-0.39, 0.29) is 0 Å². The van der Waals surface area contributed by atoms with E-state index in [4.69, 9.17) is 9.51 Å². The van der Waals surface area contributed by atoms with Crippen molar-refractivity contribution in [3.63, 3.8) is 0 Å². The Balaban J connectivity index is 0.812. The minimum Gasteiger partial charge on any atom is -0.359 e. The van der Waals surface area contributed by atoms with Gasteiger partial charge in [-0.2, -0.15) is 0 Å². The maximum atomic E-state index is 5.73. The van der Waals surface area contributed by atoms with E-state index in [0.29, 0.717) is 5.54 Å². The van der Waals surface area contributed by atoms with Crippen LogP contribution in [0, 0.1) is 35.5 Å². The van der Waals surface area contributed by atoms with Crippen LogP contribution in [-0.4, -0.2) is 27.2 Å². The summed E-state index contributed by atoms with van der Waals surface area (Å²) >= 11 is 1.82. The van der Waals surface area contributed by atoms with Gasteiger partial charge < -0.3 is 15.2 Å². The Kier molecular flexibility index (Phi) is 8.27. The van der Waals surface area contributed by atoms with Crippen LogP contribution >= 0.6 is 11.3 Å². The van der Waals surface area contributed by atoms with Crippen LogP contribution in [0.3, 0.4) is 0 Å². The Morgan fingerprint density at radius 3 is 2.30 bits per heavy atom. The molecule has 0 amide bonds. The monoisotopic (exact) mass is 647 g/mol. The lowest BCUT2D eigenvalue weighted by molar-refractivity contribution is -0.0206. The number of fused-ring (bicyclic) bond motifs is 2. The van der Waals surface area contributed by atoms with Crippen LogP contribution < -0.4 is 10.6 Å². The van der Waals surface area contributed by atoms with E-state index in [1.165, 1.54) is 98.9 Å². The maximum absolute atomic E-state index is 5.73. The summed E-state index contributed by atoms with van der Waals surface area (Å²) in [5.41, 5.74) is 5.62. The van der Waals surface area contributed by atoms with Gasteiger partial charge in [0.1, 0.15) is 10.7 Å². The fraction of sp³-hybridized carbons (Fsp3) is 0.575. The van der Waals surface area contributed by atoms with Crippen LogP contribution in [-0.2, 0) is 13.1 Å². The summed E-state index contributed by atoms with van der Waals surface area (Å²) < 4.78 is 5.73. The van der Waals surface area contributed by atoms with Crippen molar-refractivity contribution in [1.29, 1.82) is 0 Å². The van der Waals surface area contributed by atoms with E-state index < -0.39 is 0 Å². The molecule has 4 aromatic rings. The number of nitrogens with zero attached hydrogens (tertiary/aromatic N) is 3. The lowest BCUT2D eigenvalue weighted by atomic mass is 9.53. The average Bonchev–Trinajstić information content (AvgIpc) is 3.76. The lowest BCUT2D eigenvalue weighted by Crippen LogP contribution is -2.58. The van der Waals surface area contributed by atoms with E-state index in [2.05, 4.69) is 63.4 Å². The van der Waals surface area contributed by atoms with Gasteiger partial charge in [-0.1, -0.05) is 42.6 Å². The van der Waals surface area contributed by atoms with Gasteiger partial charge in [-0.05, 0) is 130 Å². The summed E-state index contributed by atoms with van der Waals surface area (Å²) in [4.78, 5) is 10.7. The molecule has 6 aliphatic carbocycles. The number of hydrogen-bond donors (Lipinski definition) is 2. The summed E-state index contributed by atoms with van der Waals surface area (Å²) in [5, 5.41) is 13.2. The van der Waals surface area contributed by atoms with Gasteiger partial charge in [-0.15, -0.1) is 11.3 Å². The predicted molar refractivity (Wildman–Crippen MR) is 189 cm³/mol. The first-order chi connectivity index (χ1) is 23.1. The number of pyridine rings is 1. The zero-order valence-electron chi connectivity index (χ0n) is 27.6. The quantitative estimate of drug-likeness (QED) is 0.158. The molecular weight excluding hydrogens is 599 g/mol. The lowest BCUT2D eigenvalue weighted by Gasteiger charge is -2.57. The summed E-state index contributed by atoms with van der Waals surface area (Å²) in [5.74, 6) is 6.65. The van der Waals surface area contributed by atoms with Crippen LogP contribution in [0.25, 0.3) is 32.8 Å². The first-order valence-electron chi connectivity index (χ1n) is 18.5. The highest BCUT2D eigenvalue weighted by molar-refractivity contribution is 7.15. The molecule has 7 heteroatoms. The molecule has 0 spiro atoms. The zero-order valence-corrected chi connectivity index (χ0v) is 28.4. The van der Waals surface area contributed by atoms with Gasteiger partial charge in [0.2, 0.25) is 0 Å². The third-order valence-electron chi connectivity index (χ3n) is 12.5. The van der Waals surface area contributed by atoms with Gasteiger partial charge >= 0.3 is 0 Å². The van der Waals surface area contributed by atoms with E-state index in [0.717, 1.165) is 83.3 Å². The number of aromatic nitrogens is 3. The molecule has 6 saturated carbocycles. The predicted octanol–water partition coefficient (Wildman–Crippen LogP) is 9.28. The molecule has 6 bridgehead atoms. The van der Waals surface area contributed by atoms with Gasteiger partial charge in [0.05, 0.1) is 11.4 Å². The first kappa shape index (κ1) is 30.2.